The number of fused-ring (bicyclic) bond motifs is 1. The first kappa shape index (κ1) is 13.6. The van der Waals surface area contributed by atoms with Gasteiger partial charge >= 0.3 is 0 Å². The number of nitrogens with one attached hydrogen (secondary N) is 1. The second-order valence-electron chi connectivity index (χ2n) is 4.77. The average Bonchev–Trinajstić information content (AvgIpc) is 2.50. The monoisotopic (exact) mass is 337 g/mol. The number of hydrogen-bond acceptors (Lipinski definition) is 3. The predicted molar refractivity (Wildman–Crippen MR) is 88.6 cm³/mol. The van der Waals surface area contributed by atoms with Gasteiger partial charge in [-0.15, -0.1) is 0 Å². The Bertz CT molecular complexity index is 866. The molecule has 0 radical (unpaired) electrons. The molecule has 0 atom stereocenters. The van der Waals surface area contributed by atoms with Gasteiger partial charge in [0.25, 0.3) is 0 Å². The molecule has 1 aromatic heterocycles. The molecule has 0 aliphatic carbocycles. The van der Waals surface area contributed by atoms with Crippen LogP contribution in [-0.4, -0.2) is 4.98 Å². The van der Waals surface area contributed by atoms with Crippen molar-refractivity contribution in [1.82, 2.24) is 4.98 Å². The zero-order valence-electron chi connectivity index (χ0n) is 11.4. The number of pyridine rings is 1. The second kappa shape index (κ2) is 5.55. The summed E-state index contributed by atoms with van der Waals surface area (Å²) in [7, 11) is 0. The highest BCUT2D eigenvalue weighted by atomic mass is 79.9. The molecule has 3 aromatic rings. The van der Waals surface area contributed by atoms with E-state index in [0.29, 0.717) is 11.4 Å². The van der Waals surface area contributed by atoms with Crippen molar-refractivity contribution in [2.45, 2.75) is 6.92 Å². The maximum absolute atomic E-state index is 9.29. The van der Waals surface area contributed by atoms with E-state index in [4.69, 9.17) is 0 Å². The molecule has 3 rings (SSSR count). The van der Waals surface area contributed by atoms with E-state index in [0.717, 1.165) is 21.1 Å². The van der Waals surface area contributed by atoms with Gasteiger partial charge in [-0.2, -0.15) is 5.26 Å². The number of nitriles is 1. The quantitative estimate of drug-likeness (QED) is 0.721. The van der Waals surface area contributed by atoms with Crippen LogP contribution in [0.2, 0.25) is 0 Å². The van der Waals surface area contributed by atoms with E-state index in [1.165, 1.54) is 5.56 Å². The Hall–Kier alpha value is -2.38. The minimum Gasteiger partial charge on any atom is -0.340 e. The molecular formula is C17H12BrN3. The molecule has 0 saturated heterocycles. The summed E-state index contributed by atoms with van der Waals surface area (Å²) in [6.07, 6.45) is 0. The Labute approximate surface area is 131 Å². The SMILES string of the molecule is Cc1ccc(Nc2cc(C#N)c3ccccc3n2)cc1Br. The highest BCUT2D eigenvalue weighted by Crippen LogP contribution is 2.25. The van der Waals surface area contributed by atoms with Crippen molar-refractivity contribution in [2.75, 3.05) is 5.32 Å². The summed E-state index contributed by atoms with van der Waals surface area (Å²) in [6, 6.07) is 17.7. The Morgan fingerprint density at radius 3 is 2.71 bits per heavy atom. The number of benzene rings is 2. The van der Waals surface area contributed by atoms with Gasteiger partial charge < -0.3 is 5.32 Å². The average molecular weight is 338 g/mol. The van der Waals surface area contributed by atoms with Crippen LogP contribution in [0.1, 0.15) is 11.1 Å². The third kappa shape index (κ3) is 2.74. The zero-order chi connectivity index (χ0) is 14.8. The lowest BCUT2D eigenvalue weighted by atomic mass is 10.1. The smallest absolute Gasteiger partial charge is 0.132 e. The molecular weight excluding hydrogens is 326 g/mol. The van der Waals surface area contributed by atoms with Gasteiger partial charge in [0.15, 0.2) is 0 Å². The van der Waals surface area contributed by atoms with Crippen molar-refractivity contribution in [3.05, 3.63) is 64.1 Å². The van der Waals surface area contributed by atoms with Gasteiger partial charge in [-0.3, -0.25) is 0 Å². The second-order valence-corrected chi connectivity index (χ2v) is 5.63. The molecule has 0 unspecified atom stereocenters. The van der Waals surface area contributed by atoms with E-state index in [9.17, 15) is 5.26 Å². The van der Waals surface area contributed by atoms with Crippen LogP contribution in [0.15, 0.2) is 53.0 Å². The van der Waals surface area contributed by atoms with Crippen molar-refractivity contribution >= 4 is 38.3 Å². The highest BCUT2D eigenvalue weighted by molar-refractivity contribution is 9.10. The van der Waals surface area contributed by atoms with Crippen LogP contribution >= 0.6 is 15.9 Å². The summed E-state index contributed by atoms with van der Waals surface area (Å²) in [5, 5.41) is 13.4. The maximum atomic E-state index is 9.29. The van der Waals surface area contributed by atoms with Gasteiger partial charge in [0.1, 0.15) is 5.82 Å². The Morgan fingerprint density at radius 1 is 1.14 bits per heavy atom. The predicted octanol–water partition coefficient (Wildman–Crippen LogP) is 4.92. The molecule has 0 aliphatic rings. The summed E-state index contributed by atoms with van der Waals surface area (Å²) in [4.78, 5) is 4.55. The summed E-state index contributed by atoms with van der Waals surface area (Å²) < 4.78 is 1.04. The summed E-state index contributed by atoms with van der Waals surface area (Å²) in [6.45, 7) is 2.04. The third-order valence-electron chi connectivity index (χ3n) is 3.28. The van der Waals surface area contributed by atoms with E-state index < -0.39 is 0 Å². The maximum Gasteiger partial charge on any atom is 0.132 e. The molecule has 0 aliphatic heterocycles. The summed E-state index contributed by atoms with van der Waals surface area (Å²) >= 11 is 3.51. The van der Waals surface area contributed by atoms with Gasteiger partial charge in [0.2, 0.25) is 0 Å². The van der Waals surface area contributed by atoms with Crippen molar-refractivity contribution in [2.24, 2.45) is 0 Å². The molecule has 0 spiro atoms. The number of halogens is 1. The lowest BCUT2D eigenvalue weighted by Gasteiger charge is -2.09. The number of rotatable bonds is 2. The molecule has 1 heterocycles. The summed E-state index contributed by atoms with van der Waals surface area (Å²) in [5.74, 6) is 0.668. The first-order chi connectivity index (χ1) is 10.2. The molecule has 4 heteroatoms. The van der Waals surface area contributed by atoms with Crippen LogP contribution in [0.25, 0.3) is 10.9 Å². The molecule has 3 nitrogen and oxygen atoms in total. The fraction of sp³-hybridized carbons (Fsp3) is 0.0588. The van der Waals surface area contributed by atoms with Gasteiger partial charge in [-0.05, 0) is 36.8 Å². The number of anilines is 2. The fourth-order valence-corrected chi connectivity index (χ4v) is 2.53. The minimum atomic E-state index is 0.620. The fourth-order valence-electron chi connectivity index (χ4n) is 2.15. The van der Waals surface area contributed by atoms with E-state index in [1.807, 2.05) is 49.4 Å². The molecule has 0 amide bonds. The van der Waals surface area contributed by atoms with Gasteiger partial charge in [0, 0.05) is 15.5 Å². The van der Waals surface area contributed by atoms with Crippen LogP contribution in [-0.2, 0) is 0 Å². The first-order valence-electron chi connectivity index (χ1n) is 6.50. The van der Waals surface area contributed by atoms with E-state index in [1.54, 1.807) is 6.07 Å². The number of para-hydroxylation sites is 1. The Balaban J connectivity index is 2.04. The van der Waals surface area contributed by atoms with Crippen molar-refractivity contribution in [3.8, 4) is 6.07 Å². The van der Waals surface area contributed by atoms with Crippen LogP contribution in [0.3, 0.4) is 0 Å². The van der Waals surface area contributed by atoms with Crippen molar-refractivity contribution in [3.63, 3.8) is 0 Å². The Kier molecular flexibility index (Phi) is 3.59. The van der Waals surface area contributed by atoms with Crippen molar-refractivity contribution < 1.29 is 0 Å². The topological polar surface area (TPSA) is 48.7 Å². The third-order valence-corrected chi connectivity index (χ3v) is 4.14. The largest absolute Gasteiger partial charge is 0.340 e. The van der Waals surface area contributed by atoms with Crippen LogP contribution in [0.5, 0.6) is 0 Å². The lowest BCUT2D eigenvalue weighted by molar-refractivity contribution is 1.34. The number of hydrogen-bond donors (Lipinski definition) is 1. The molecule has 2 aromatic carbocycles. The normalized spacial score (nSPS) is 10.3. The van der Waals surface area contributed by atoms with Gasteiger partial charge in [-0.1, -0.05) is 40.2 Å². The highest BCUT2D eigenvalue weighted by Gasteiger charge is 2.06. The number of nitrogens with zero attached hydrogens (tertiary/aromatic N) is 2. The van der Waals surface area contributed by atoms with E-state index in [-0.39, 0.29) is 0 Å². The molecule has 0 saturated carbocycles. The lowest BCUT2D eigenvalue weighted by Crippen LogP contribution is -1.96. The molecule has 21 heavy (non-hydrogen) atoms. The van der Waals surface area contributed by atoms with Gasteiger partial charge in [0.05, 0.1) is 17.1 Å². The van der Waals surface area contributed by atoms with Crippen LogP contribution in [0.4, 0.5) is 11.5 Å². The minimum absolute atomic E-state index is 0.620. The van der Waals surface area contributed by atoms with Crippen molar-refractivity contribution in [1.29, 1.82) is 5.26 Å². The number of aryl methyl sites for hydroxylation is 1. The van der Waals surface area contributed by atoms with E-state index in [2.05, 4.69) is 32.3 Å². The Morgan fingerprint density at radius 2 is 1.95 bits per heavy atom. The molecule has 1 N–H and O–H groups in total. The molecule has 0 fully saturated rings. The standard InChI is InChI=1S/C17H12BrN3/c1-11-6-7-13(9-15(11)18)20-17-8-12(10-19)14-4-2-3-5-16(14)21-17/h2-9H,1H3,(H,20,21). The number of aromatic nitrogens is 1. The zero-order valence-corrected chi connectivity index (χ0v) is 13.0. The first-order valence-corrected chi connectivity index (χ1v) is 7.30. The van der Waals surface area contributed by atoms with E-state index >= 15 is 0 Å². The summed E-state index contributed by atoms with van der Waals surface area (Å²) in [5.41, 5.74) is 3.53. The molecule has 0 bridgehead atoms. The van der Waals surface area contributed by atoms with Crippen LogP contribution in [0, 0.1) is 18.3 Å². The van der Waals surface area contributed by atoms with Crippen LogP contribution < -0.4 is 5.32 Å². The molecule has 102 valence electrons. The van der Waals surface area contributed by atoms with Gasteiger partial charge in [-0.25, -0.2) is 4.98 Å².